The summed E-state index contributed by atoms with van der Waals surface area (Å²) in [6.07, 6.45) is 1.65. The maximum Gasteiger partial charge on any atom is 0.321 e. The van der Waals surface area contributed by atoms with Crippen LogP contribution in [-0.2, 0) is 4.79 Å². The Hall–Kier alpha value is -0.590. The summed E-state index contributed by atoms with van der Waals surface area (Å²) >= 11 is 4.63. The maximum atomic E-state index is 10.4. The van der Waals surface area contributed by atoms with E-state index < -0.39 is 12.0 Å². The van der Waals surface area contributed by atoms with E-state index in [1.54, 1.807) is 12.3 Å². The first kappa shape index (κ1) is 11.5. The number of pyridine rings is 1. The van der Waals surface area contributed by atoms with Gasteiger partial charge >= 0.3 is 5.97 Å². The smallest absolute Gasteiger partial charge is 0.321 e. The van der Waals surface area contributed by atoms with Gasteiger partial charge in [0, 0.05) is 16.4 Å². The van der Waals surface area contributed by atoms with Gasteiger partial charge < -0.3 is 10.8 Å². The fraction of sp³-hybridized carbons (Fsp3) is 0.250. The van der Waals surface area contributed by atoms with Gasteiger partial charge in [-0.25, -0.2) is 4.98 Å². The Labute approximate surface area is 94.0 Å². The average Bonchev–Trinajstić information content (AvgIpc) is 2.16. The van der Waals surface area contributed by atoms with Gasteiger partial charge in [-0.05, 0) is 28.1 Å². The van der Waals surface area contributed by atoms with E-state index in [4.69, 9.17) is 10.8 Å². The van der Waals surface area contributed by atoms with Crippen LogP contribution in [0.1, 0.15) is 0 Å². The van der Waals surface area contributed by atoms with Crippen LogP contribution in [0.4, 0.5) is 0 Å². The summed E-state index contributed by atoms with van der Waals surface area (Å²) in [4.78, 5) is 14.5. The molecule has 1 rings (SSSR count). The number of aromatic nitrogens is 1. The number of carboxylic acid groups (broad SMARTS) is 1. The van der Waals surface area contributed by atoms with Crippen LogP contribution in [0.25, 0.3) is 0 Å². The number of halogens is 1. The van der Waals surface area contributed by atoms with E-state index >= 15 is 0 Å². The molecule has 0 aliphatic rings. The molecule has 0 aliphatic carbocycles. The number of aliphatic carboxylic acids is 1. The highest BCUT2D eigenvalue weighted by molar-refractivity contribution is 9.10. The first-order chi connectivity index (χ1) is 6.61. The molecule has 0 saturated heterocycles. The Morgan fingerprint density at radius 1 is 1.79 bits per heavy atom. The Bertz CT molecular complexity index is 335. The van der Waals surface area contributed by atoms with Crippen LogP contribution in [0.5, 0.6) is 0 Å². The van der Waals surface area contributed by atoms with Gasteiger partial charge in [0.05, 0.1) is 0 Å². The molecule has 1 aromatic heterocycles. The number of hydrogen-bond donors (Lipinski definition) is 2. The lowest BCUT2D eigenvalue weighted by molar-refractivity contribution is -0.137. The fourth-order valence-electron chi connectivity index (χ4n) is 0.717. The normalized spacial score (nSPS) is 12.4. The maximum absolute atomic E-state index is 10.4. The molecule has 0 aliphatic heterocycles. The van der Waals surface area contributed by atoms with Crippen LogP contribution < -0.4 is 5.73 Å². The molecule has 0 spiro atoms. The fourth-order valence-corrected chi connectivity index (χ4v) is 2.14. The molecule has 1 heterocycles. The molecule has 0 amide bonds. The molecule has 0 saturated carbocycles. The Morgan fingerprint density at radius 3 is 3.07 bits per heavy atom. The van der Waals surface area contributed by atoms with Crippen molar-refractivity contribution in [2.75, 3.05) is 5.75 Å². The molecule has 0 aromatic carbocycles. The molecule has 0 radical (unpaired) electrons. The van der Waals surface area contributed by atoms with Crippen molar-refractivity contribution in [1.82, 2.24) is 4.98 Å². The quantitative estimate of drug-likeness (QED) is 0.812. The molecular formula is C8H9BrN2O2S. The molecular weight excluding hydrogens is 268 g/mol. The van der Waals surface area contributed by atoms with Gasteiger partial charge in [-0.15, -0.1) is 11.8 Å². The minimum atomic E-state index is -0.996. The van der Waals surface area contributed by atoms with Crippen molar-refractivity contribution in [3.8, 4) is 0 Å². The van der Waals surface area contributed by atoms with Crippen LogP contribution in [0.15, 0.2) is 27.8 Å². The Morgan fingerprint density at radius 2 is 2.50 bits per heavy atom. The molecule has 0 fully saturated rings. The second kappa shape index (κ2) is 5.33. The third-order valence-electron chi connectivity index (χ3n) is 1.44. The molecule has 1 unspecified atom stereocenters. The van der Waals surface area contributed by atoms with Gasteiger partial charge in [0.25, 0.3) is 0 Å². The van der Waals surface area contributed by atoms with Crippen molar-refractivity contribution in [3.05, 3.63) is 22.8 Å². The van der Waals surface area contributed by atoms with Gasteiger partial charge in [-0.3, -0.25) is 4.79 Å². The highest BCUT2D eigenvalue weighted by Gasteiger charge is 2.12. The summed E-state index contributed by atoms with van der Waals surface area (Å²) in [5, 5.41) is 9.31. The van der Waals surface area contributed by atoms with E-state index in [0.29, 0.717) is 5.75 Å². The monoisotopic (exact) mass is 276 g/mol. The van der Waals surface area contributed by atoms with Crippen LogP contribution in [0.3, 0.4) is 0 Å². The Balaban J connectivity index is 2.54. The average molecular weight is 277 g/mol. The molecule has 76 valence electrons. The van der Waals surface area contributed by atoms with E-state index in [1.165, 1.54) is 11.8 Å². The molecule has 1 atom stereocenters. The minimum absolute atomic E-state index is 0.310. The third-order valence-corrected chi connectivity index (χ3v) is 3.47. The van der Waals surface area contributed by atoms with Gasteiger partial charge in [0.1, 0.15) is 11.1 Å². The molecule has 1 aromatic rings. The molecule has 6 heteroatoms. The highest BCUT2D eigenvalue weighted by atomic mass is 79.9. The minimum Gasteiger partial charge on any atom is -0.480 e. The zero-order valence-electron chi connectivity index (χ0n) is 7.18. The largest absolute Gasteiger partial charge is 0.480 e. The summed E-state index contributed by atoms with van der Waals surface area (Å²) < 4.78 is 0.850. The first-order valence-corrected chi connectivity index (χ1v) is 5.61. The second-order valence-electron chi connectivity index (χ2n) is 2.55. The summed E-state index contributed by atoms with van der Waals surface area (Å²) in [5.41, 5.74) is 5.35. The van der Waals surface area contributed by atoms with Crippen molar-refractivity contribution < 1.29 is 9.90 Å². The molecule has 14 heavy (non-hydrogen) atoms. The van der Waals surface area contributed by atoms with Crippen molar-refractivity contribution in [2.45, 2.75) is 11.1 Å². The predicted octanol–water partition coefficient (Wildman–Crippen LogP) is 1.35. The molecule has 0 bridgehead atoms. The number of thioether (sulfide) groups is 1. The summed E-state index contributed by atoms with van der Waals surface area (Å²) in [5.74, 6) is -0.685. The molecule has 4 nitrogen and oxygen atoms in total. The topological polar surface area (TPSA) is 76.2 Å². The van der Waals surface area contributed by atoms with E-state index in [-0.39, 0.29) is 0 Å². The third kappa shape index (κ3) is 3.28. The predicted molar refractivity (Wildman–Crippen MR) is 58.3 cm³/mol. The number of nitrogens with zero attached hydrogens (tertiary/aromatic N) is 1. The van der Waals surface area contributed by atoms with Crippen molar-refractivity contribution in [1.29, 1.82) is 0 Å². The standard InChI is InChI=1S/C8H9BrN2O2S/c9-5-2-1-3-11-7(5)14-4-6(10)8(12)13/h1-3,6H,4,10H2,(H,12,13). The van der Waals surface area contributed by atoms with Crippen molar-refractivity contribution in [2.24, 2.45) is 5.73 Å². The van der Waals surface area contributed by atoms with E-state index in [2.05, 4.69) is 20.9 Å². The zero-order valence-corrected chi connectivity index (χ0v) is 9.59. The second-order valence-corrected chi connectivity index (χ2v) is 4.41. The van der Waals surface area contributed by atoms with Crippen LogP contribution in [0.2, 0.25) is 0 Å². The van der Waals surface area contributed by atoms with Gasteiger partial charge in [0.15, 0.2) is 0 Å². The molecule has 3 N–H and O–H groups in total. The number of carbonyl (C=O) groups is 1. The van der Waals surface area contributed by atoms with Crippen LogP contribution in [-0.4, -0.2) is 27.9 Å². The lowest BCUT2D eigenvalue weighted by Gasteiger charge is -2.05. The van der Waals surface area contributed by atoms with Crippen LogP contribution >= 0.6 is 27.7 Å². The Kier molecular flexibility index (Phi) is 4.37. The first-order valence-electron chi connectivity index (χ1n) is 3.83. The van der Waals surface area contributed by atoms with Crippen molar-refractivity contribution >= 4 is 33.7 Å². The number of carboxylic acids is 1. The highest BCUT2D eigenvalue weighted by Crippen LogP contribution is 2.24. The van der Waals surface area contributed by atoms with E-state index in [0.717, 1.165) is 9.50 Å². The van der Waals surface area contributed by atoms with E-state index in [1.807, 2.05) is 6.07 Å². The number of nitrogens with two attached hydrogens (primary N) is 1. The lowest BCUT2D eigenvalue weighted by Crippen LogP contribution is -2.32. The van der Waals surface area contributed by atoms with Gasteiger partial charge in [-0.1, -0.05) is 0 Å². The van der Waals surface area contributed by atoms with E-state index in [9.17, 15) is 4.79 Å². The van der Waals surface area contributed by atoms with Gasteiger partial charge in [0.2, 0.25) is 0 Å². The lowest BCUT2D eigenvalue weighted by atomic mass is 10.4. The number of rotatable bonds is 4. The SMILES string of the molecule is NC(CSc1ncccc1Br)C(=O)O. The summed E-state index contributed by atoms with van der Waals surface area (Å²) in [7, 11) is 0. The number of hydrogen-bond acceptors (Lipinski definition) is 4. The zero-order chi connectivity index (χ0) is 10.6. The van der Waals surface area contributed by atoms with Crippen LogP contribution in [0, 0.1) is 0 Å². The van der Waals surface area contributed by atoms with Gasteiger partial charge in [-0.2, -0.15) is 0 Å². The van der Waals surface area contributed by atoms with Crippen molar-refractivity contribution in [3.63, 3.8) is 0 Å². The summed E-state index contributed by atoms with van der Waals surface area (Å²) in [6, 6.07) is 2.79. The summed E-state index contributed by atoms with van der Waals surface area (Å²) in [6.45, 7) is 0.